The van der Waals surface area contributed by atoms with Crippen LogP contribution in [0.3, 0.4) is 0 Å². The van der Waals surface area contributed by atoms with Crippen LogP contribution in [0.2, 0.25) is 0 Å². The van der Waals surface area contributed by atoms with E-state index in [1.807, 2.05) is 18.2 Å². The van der Waals surface area contributed by atoms with Gasteiger partial charge in [-0.2, -0.15) is 0 Å². The van der Waals surface area contributed by atoms with E-state index in [2.05, 4.69) is 53.7 Å². The fourth-order valence-electron chi connectivity index (χ4n) is 2.54. The molecule has 0 aromatic heterocycles. The molecule has 3 nitrogen and oxygen atoms in total. The summed E-state index contributed by atoms with van der Waals surface area (Å²) in [6, 6.07) is 10.2. The lowest BCUT2D eigenvalue weighted by Gasteiger charge is -2.32. The molecule has 0 N–H and O–H groups in total. The number of benzene rings is 1. The summed E-state index contributed by atoms with van der Waals surface area (Å²) < 4.78 is 18.5. The molecule has 1 heterocycles. The van der Waals surface area contributed by atoms with Crippen molar-refractivity contribution in [2.75, 3.05) is 0 Å². The molecule has 0 amide bonds. The molecule has 0 aliphatic carbocycles. The van der Waals surface area contributed by atoms with Crippen LogP contribution in [0.5, 0.6) is 0 Å². The van der Waals surface area contributed by atoms with Gasteiger partial charge < -0.3 is 14.0 Å². The van der Waals surface area contributed by atoms with E-state index in [1.54, 1.807) is 0 Å². The Morgan fingerprint density at radius 2 is 1.55 bits per heavy atom. The van der Waals surface area contributed by atoms with Gasteiger partial charge in [-0.15, -0.1) is 0 Å². The second-order valence-electron chi connectivity index (χ2n) is 7.59. The molecule has 22 heavy (non-hydrogen) atoms. The highest BCUT2D eigenvalue weighted by molar-refractivity contribution is 6.47. The number of rotatable bonds is 6. The number of hydrogen-bond donors (Lipinski definition) is 0. The van der Waals surface area contributed by atoms with Gasteiger partial charge in [0.1, 0.15) is 0 Å². The van der Waals surface area contributed by atoms with E-state index in [4.69, 9.17) is 14.0 Å². The molecule has 1 saturated heterocycles. The zero-order valence-corrected chi connectivity index (χ0v) is 14.8. The highest BCUT2D eigenvalue weighted by atomic mass is 16.7. The van der Waals surface area contributed by atoms with Crippen LogP contribution in [0, 0.1) is 5.92 Å². The summed E-state index contributed by atoms with van der Waals surface area (Å²) in [5.74, 6) is 0.528. The average Bonchev–Trinajstić information content (AvgIpc) is 2.64. The van der Waals surface area contributed by atoms with Crippen LogP contribution in [0.1, 0.15) is 53.5 Å². The van der Waals surface area contributed by atoms with Crippen LogP contribution in [-0.2, 0) is 20.7 Å². The molecule has 1 atom stereocenters. The van der Waals surface area contributed by atoms with Crippen molar-refractivity contribution in [1.82, 2.24) is 0 Å². The Morgan fingerprint density at radius 3 is 2.05 bits per heavy atom. The summed E-state index contributed by atoms with van der Waals surface area (Å²) in [6.45, 7) is 13.3. The first-order valence-electron chi connectivity index (χ1n) is 8.22. The van der Waals surface area contributed by atoms with Crippen molar-refractivity contribution in [3.63, 3.8) is 0 Å². The van der Waals surface area contributed by atoms with Gasteiger partial charge in [-0.3, -0.25) is 0 Å². The summed E-state index contributed by atoms with van der Waals surface area (Å²) in [5.41, 5.74) is 0.541. The standard InChI is InChI=1S/C18H29BO3/c1-14(2)12-16(20-13-15-10-8-7-9-11-15)19-21-17(3,4)18(5,6)22-19/h7-11,14,16H,12-13H2,1-6H3/t16-/m0/s1. The second kappa shape index (κ2) is 6.73. The Kier molecular flexibility index (Phi) is 5.36. The lowest BCUT2D eigenvalue weighted by Crippen LogP contribution is -2.41. The highest BCUT2D eigenvalue weighted by Gasteiger charge is 2.54. The van der Waals surface area contributed by atoms with Gasteiger partial charge in [-0.1, -0.05) is 44.2 Å². The van der Waals surface area contributed by atoms with E-state index in [-0.39, 0.29) is 24.3 Å². The molecule has 4 heteroatoms. The molecule has 0 unspecified atom stereocenters. The largest absolute Gasteiger partial charge is 0.488 e. The van der Waals surface area contributed by atoms with E-state index in [0.29, 0.717) is 12.5 Å². The Bertz CT molecular complexity index is 454. The molecule has 1 aromatic carbocycles. The van der Waals surface area contributed by atoms with Gasteiger partial charge in [0.05, 0.1) is 23.8 Å². The van der Waals surface area contributed by atoms with Gasteiger partial charge in [-0.05, 0) is 45.6 Å². The van der Waals surface area contributed by atoms with Crippen molar-refractivity contribution >= 4 is 7.12 Å². The lowest BCUT2D eigenvalue weighted by molar-refractivity contribution is 0.00578. The Morgan fingerprint density at radius 1 is 1.00 bits per heavy atom. The summed E-state index contributed by atoms with van der Waals surface area (Å²) in [6.07, 6.45) is 0.920. The molecule has 0 radical (unpaired) electrons. The first-order valence-corrected chi connectivity index (χ1v) is 8.22. The van der Waals surface area contributed by atoms with Gasteiger partial charge >= 0.3 is 7.12 Å². The van der Waals surface area contributed by atoms with E-state index >= 15 is 0 Å². The van der Waals surface area contributed by atoms with Crippen LogP contribution in [0.25, 0.3) is 0 Å². The van der Waals surface area contributed by atoms with E-state index in [1.165, 1.54) is 5.56 Å². The van der Waals surface area contributed by atoms with E-state index in [9.17, 15) is 0 Å². The summed E-state index contributed by atoms with van der Waals surface area (Å²) in [4.78, 5) is 0. The van der Waals surface area contributed by atoms with Crippen LogP contribution in [-0.4, -0.2) is 24.3 Å². The highest BCUT2D eigenvalue weighted by Crippen LogP contribution is 2.38. The van der Waals surface area contributed by atoms with Crippen molar-refractivity contribution in [2.24, 2.45) is 5.92 Å². The molecule has 2 rings (SSSR count). The summed E-state index contributed by atoms with van der Waals surface area (Å²) in [5, 5.41) is 0. The maximum absolute atomic E-state index is 6.17. The Hall–Kier alpha value is -0.835. The molecule has 1 fully saturated rings. The SMILES string of the molecule is CC(C)C[C@H](OCc1ccccc1)B1OC(C)(C)C(C)(C)O1. The Labute approximate surface area is 135 Å². The minimum Gasteiger partial charge on any atom is -0.402 e. The fourth-order valence-corrected chi connectivity index (χ4v) is 2.54. The second-order valence-corrected chi connectivity index (χ2v) is 7.59. The van der Waals surface area contributed by atoms with Crippen LogP contribution >= 0.6 is 0 Å². The summed E-state index contributed by atoms with van der Waals surface area (Å²) >= 11 is 0. The minimum absolute atomic E-state index is 0.0544. The average molecular weight is 304 g/mol. The Balaban J connectivity index is 2.04. The van der Waals surface area contributed by atoms with Crippen molar-refractivity contribution < 1.29 is 14.0 Å². The topological polar surface area (TPSA) is 27.7 Å². The molecule has 0 spiro atoms. The van der Waals surface area contributed by atoms with Crippen molar-refractivity contribution in [3.8, 4) is 0 Å². The van der Waals surface area contributed by atoms with Crippen molar-refractivity contribution in [3.05, 3.63) is 35.9 Å². The van der Waals surface area contributed by atoms with E-state index < -0.39 is 0 Å². The normalized spacial score (nSPS) is 21.3. The molecule has 1 aliphatic heterocycles. The maximum atomic E-state index is 6.17. The molecule has 0 saturated carbocycles. The van der Waals surface area contributed by atoms with Crippen molar-refractivity contribution in [1.29, 1.82) is 0 Å². The van der Waals surface area contributed by atoms with Crippen molar-refractivity contribution in [2.45, 2.75) is 71.8 Å². The zero-order valence-electron chi connectivity index (χ0n) is 14.8. The summed E-state index contributed by atoms with van der Waals surface area (Å²) in [7, 11) is -0.309. The minimum atomic E-state index is -0.316. The van der Waals surface area contributed by atoms with Crippen LogP contribution < -0.4 is 0 Å². The monoisotopic (exact) mass is 304 g/mol. The molecule has 1 aromatic rings. The predicted octanol–water partition coefficient (Wildman–Crippen LogP) is 4.25. The third kappa shape index (κ3) is 4.12. The number of ether oxygens (including phenoxy) is 1. The van der Waals surface area contributed by atoms with Crippen LogP contribution in [0.4, 0.5) is 0 Å². The fraction of sp³-hybridized carbons (Fsp3) is 0.667. The van der Waals surface area contributed by atoms with Gasteiger partial charge in [0.2, 0.25) is 0 Å². The van der Waals surface area contributed by atoms with Gasteiger partial charge in [0.15, 0.2) is 0 Å². The molecule has 0 bridgehead atoms. The van der Waals surface area contributed by atoms with Gasteiger partial charge in [0.25, 0.3) is 0 Å². The first-order chi connectivity index (χ1) is 10.2. The molecule has 1 aliphatic rings. The third-order valence-corrected chi connectivity index (χ3v) is 4.59. The number of hydrogen-bond acceptors (Lipinski definition) is 3. The quantitative estimate of drug-likeness (QED) is 0.735. The van der Waals surface area contributed by atoms with Gasteiger partial charge in [0, 0.05) is 0 Å². The maximum Gasteiger partial charge on any atom is 0.488 e. The van der Waals surface area contributed by atoms with Gasteiger partial charge in [-0.25, -0.2) is 0 Å². The van der Waals surface area contributed by atoms with Crippen LogP contribution in [0.15, 0.2) is 30.3 Å². The smallest absolute Gasteiger partial charge is 0.402 e. The molecular formula is C18H29BO3. The van der Waals surface area contributed by atoms with E-state index in [0.717, 1.165) is 6.42 Å². The lowest BCUT2D eigenvalue weighted by atomic mass is 9.76. The first kappa shape index (κ1) is 17.5. The molecule has 122 valence electrons. The molecular weight excluding hydrogens is 275 g/mol. The predicted molar refractivity (Wildman–Crippen MR) is 90.6 cm³/mol. The zero-order chi connectivity index (χ0) is 16.4. The third-order valence-electron chi connectivity index (χ3n) is 4.59.